The summed E-state index contributed by atoms with van der Waals surface area (Å²) in [5.41, 5.74) is 5.85. The molecule has 0 fully saturated rings. The highest BCUT2D eigenvalue weighted by Gasteiger charge is 2.34. The van der Waals surface area contributed by atoms with Gasteiger partial charge in [-0.05, 0) is 49.8 Å². The van der Waals surface area contributed by atoms with E-state index in [1.54, 1.807) is 0 Å². The van der Waals surface area contributed by atoms with Crippen LogP contribution in [-0.2, 0) is 0 Å². The largest absolute Gasteiger partial charge is 0.125 e. The van der Waals surface area contributed by atoms with Crippen molar-refractivity contribution in [3.05, 3.63) is 22.3 Å². The molecule has 0 saturated carbocycles. The molecule has 2 heteroatoms. The molecule has 0 radical (unpaired) electrons. The van der Waals surface area contributed by atoms with Crippen LogP contribution < -0.4 is 0 Å². The van der Waals surface area contributed by atoms with Crippen molar-refractivity contribution < 1.29 is 0 Å². The number of hydrogen-bond donors (Lipinski definition) is 0. The number of hydrogen-bond acceptors (Lipinski definition) is 0. The van der Waals surface area contributed by atoms with Crippen molar-refractivity contribution in [1.82, 2.24) is 0 Å². The van der Waals surface area contributed by atoms with Crippen LogP contribution in [-0.4, -0.2) is 16.8 Å². The van der Waals surface area contributed by atoms with E-state index in [2.05, 4.69) is 34.6 Å². The molecule has 0 heterocycles. The van der Waals surface area contributed by atoms with Gasteiger partial charge in [-0.2, -0.15) is 0 Å². The molecule has 13 heavy (non-hydrogen) atoms. The first-order valence-electron chi connectivity index (χ1n) is 4.37. The van der Waals surface area contributed by atoms with Gasteiger partial charge in [0, 0.05) is 11.3 Å². The van der Waals surface area contributed by atoms with Gasteiger partial charge in [-0.15, -0.1) is 11.6 Å². The molecule has 1 aliphatic rings. The summed E-state index contributed by atoms with van der Waals surface area (Å²) in [4.78, 5) is 0. The van der Waals surface area contributed by atoms with Crippen molar-refractivity contribution in [2.75, 3.05) is 5.88 Å². The van der Waals surface area contributed by atoms with Crippen LogP contribution in [0.25, 0.3) is 0 Å². The third-order valence-electron chi connectivity index (χ3n) is 3.61. The van der Waals surface area contributed by atoms with Crippen LogP contribution in [0.15, 0.2) is 22.3 Å². The molecule has 0 aliphatic heterocycles. The van der Waals surface area contributed by atoms with Crippen LogP contribution >= 0.6 is 11.6 Å². The van der Waals surface area contributed by atoms with Crippen LogP contribution in [0.4, 0.5) is 0 Å². The lowest BCUT2D eigenvalue weighted by Crippen LogP contribution is -2.19. The van der Waals surface area contributed by atoms with E-state index >= 15 is 0 Å². The van der Waals surface area contributed by atoms with Crippen molar-refractivity contribution in [3.8, 4) is 0 Å². The molecule has 0 N–H and O–H groups in total. The molecule has 1 aliphatic carbocycles. The highest BCUT2D eigenvalue weighted by atomic mass is 35.5. The lowest BCUT2D eigenvalue weighted by atomic mass is 9.81. The van der Waals surface area contributed by atoms with Crippen molar-refractivity contribution in [2.45, 2.75) is 34.6 Å². The van der Waals surface area contributed by atoms with Gasteiger partial charge in [-0.3, -0.25) is 0 Å². The van der Waals surface area contributed by atoms with E-state index in [9.17, 15) is 0 Å². The highest BCUT2D eigenvalue weighted by molar-refractivity contribution is 6.18. The third-order valence-corrected chi connectivity index (χ3v) is 4.14. The summed E-state index contributed by atoms with van der Waals surface area (Å²) in [7, 11) is 0. The molecule has 0 bridgehead atoms. The second-order valence-corrected chi connectivity index (χ2v) is 4.23. The van der Waals surface area contributed by atoms with Gasteiger partial charge in [0.05, 0.1) is 0 Å². The molecule has 0 aromatic rings. The van der Waals surface area contributed by atoms with Gasteiger partial charge in [0.15, 0.2) is 0 Å². The zero-order valence-electron chi connectivity index (χ0n) is 8.59. The quantitative estimate of drug-likeness (QED) is 0.467. The van der Waals surface area contributed by atoms with E-state index < -0.39 is 0 Å². The SMILES string of the molecule is CC1=C(C)C(C)(CCl)C(C)=C1C.[SiH4]. The van der Waals surface area contributed by atoms with Gasteiger partial charge in [-0.1, -0.05) is 18.1 Å². The Morgan fingerprint density at radius 2 is 1.31 bits per heavy atom. The Labute approximate surface area is 91.1 Å². The molecule has 1 rings (SSSR count). The minimum Gasteiger partial charge on any atom is -0.125 e. The fourth-order valence-corrected chi connectivity index (χ4v) is 2.27. The zero-order chi connectivity index (χ0) is 9.52. The average molecular weight is 217 g/mol. The molecule has 0 spiro atoms. The predicted molar refractivity (Wildman–Crippen MR) is 66.9 cm³/mol. The lowest BCUT2D eigenvalue weighted by Gasteiger charge is -2.26. The molecular weight excluding hydrogens is 196 g/mol. The Balaban J connectivity index is 0.00000144. The molecule has 0 aromatic heterocycles. The normalized spacial score (nSPS) is 20.8. The number of rotatable bonds is 1. The first-order chi connectivity index (χ1) is 5.45. The molecule has 0 unspecified atom stereocenters. The van der Waals surface area contributed by atoms with Crippen molar-refractivity contribution in [2.24, 2.45) is 5.41 Å². The molecular formula is C11H21ClSi. The Morgan fingerprint density at radius 1 is 1.00 bits per heavy atom. The van der Waals surface area contributed by atoms with Crippen molar-refractivity contribution in [3.63, 3.8) is 0 Å². The summed E-state index contributed by atoms with van der Waals surface area (Å²) in [6.07, 6.45) is 0. The smallest absolute Gasteiger partial charge is 0.0352 e. The van der Waals surface area contributed by atoms with E-state index in [-0.39, 0.29) is 16.4 Å². The maximum Gasteiger partial charge on any atom is 0.0352 e. The number of allylic oxidation sites excluding steroid dienone is 4. The summed E-state index contributed by atoms with van der Waals surface area (Å²) in [6, 6.07) is 0. The maximum absolute atomic E-state index is 6.00. The van der Waals surface area contributed by atoms with Gasteiger partial charge in [0.2, 0.25) is 0 Å². The van der Waals surface area contributed by atoms with Crippen LogP contribution in [0, 0.1) is 5.41 Å². The first kappa shape index (κ1) is 13.0. The fourth-order valence-electron chi connectivity index (χ4n) is 1.87. The second kappa shape index (κ2) is 4.01. The Bertz CT molecular complexity index is 250. The van der Waals surface area contributed by atoms with Gasteiger partial charge >= 0.3 is 0 Å². The van der Waals surface area contributed by atoms with E-state index in [1.807, 2.05) is 0 Å². The van der Waals surface area contributed by atoms with Gasteiger partial charge in [0.25, 0.3) is 0 Å². The summed E-state index contributed by atoms with van der Waals surface area (Å²) >= 11 is 6.00. The van der Waals surface area contributed by atoms with Gasteiger partial charge < -0.3 is 0 Å². The van der Waals surface area contributed by atoms with E-state index in [0.29, 0.717) is 5.88 Å². The van der Waals surface area contributed by atoms with Crippen LogP contribution in [0.3, 0.4) is 0 Å². The molecule has 0 amide bonds. The van der Waals surface area contributed by atoms with Crippen LogP contribution in [0.5, 0.6) is 0 Å². The molecule has 76 valence electrons. The van der Waals surface area contributed by atoms with Gasteiger partial charge in [0.1, 0.15) is 0 Å². The predicted octanol–water partition coefficient (Wildman–Crippen LogP) is 2.47. The maximum atomic E-state index is 6.00. The molecule has 0 saturated heterocycles. The van der Waals surface area contributed by atoms with Crippen molar-refractivity contribution >= 4 is 22.6 Å². The lowest BCUT2D eigenvalue weighted by molar-refractivity contribution is 0.555. The summed E-state index contributed by atoms with van der Waals surface area (Å²) in [5.74, 6) is 0.694. The number of halogens is 1. The number of alkyl halides is 1. The van der Waals surface area contributed by atoms with E-state index in [4.69, 9.17) is 11.6 Å². The standard InChI is InChI=1S/C11H17Cl.H4Si/c1-7-8(2)10(4)11(5,6-12)9(7)3;/h6H2,1-5H3;1H4. The van der Waals surface area contributed by atoms with E-state index in [0.717, 1.165) is 0 Å². The molecule has 0 nitrogen and oxygen atoms in total. The third kappa shape index (κ3) is 1.64. The first-order valence-corrected chi connectivity index (χ1v) is 4.91. The Hall–Kier alpha value is -0.0131. The zero-order valence-corrected chi connectivity index (χ0v) is 9.34. The molecule has 0 aromatic carbocycles. The monoisotopic (exact) mass is 216 g/mol. The van der Waals surface area contributed by atoms with Crippen molar-refractivity contribution in [1.29, 1.82) is 0 Å². The molecule has 0 atom stereocenters. The fraction of sp³-hybridized carbons (Fsp3) is 0.636. The Morgan fingerprint density at radius 3 is 1.46 bits per heavy atom. The van der Waals surface area contributed by atoms with E-state index in [1.165, 1.54) is 22.3 Å². The summed E-state index contributed by atoms with van der Waals surface area (Å²) in [6.45, 7) is 11.0. The minimum absolute atomic E-state index is 0. The van der Waals surface area contributed by atoms with Crippen LogP contribution in [0.2, 0.25) is 0 Å². The Kier molecular flexibility index (Phi) is 4.01. The second-order valence-electron chi connectivity index (χ2n) is 3.97. The minimum atomic E-state index is 0. The average Bonchev–Trinajstić information content (AvgIpc) is 2.22. The summed E-state index contributed by atoms with van der Waals surface area (Å²) < 4.78 is 0. The summed E-state index contributed by atoms with van der Waals surface area (Å²) in [5, 5.41) is 0. The van der Waals surface area contributed by atoms with Crippen LogP contribution in [0.1, 0.15) is 34.6 Å². The van der Waals surface area contributed by atoms with Gasteiger partial charge in [-0.25, -0.2) is 0 Å². The highest BCUT2D eigenvalue weighted by Crippen LogP contribution is 2.46. The topological polar surface area (TPSA) is 0 Å².